The highest BCUT2D eigenvalue weighted by atomic mass is 16.5. The fraction of sp³-hybridized carbons (Fsp3) is 0.107. The number of furan rings is 1. The van der Waals surface area contributed by atoms with Gasteiger partial charge in [-0.25, -0.2) is 0 Å². The Kier molecular flexibility index (Phi) is 6.39. The summed E-state index contributed by atoms with van der Waals surface area (Å²) >= 11 is 0. The Balaban J connectivity index is 1.28. The minimum Gasteiger partial charge on any atom is -0.494 e. The summed E-state index contributed by atoms with van der Waals surface area (Å²) < 4.78 is 16.3. The van der Waals surface area contributed by atoms with Crippen molar-refractivity contribution in [2.45, 2.75) is 13.3 Å². The highest BCUT2D eigenvalue weighted by Crippen LogP contribution is 2.27. The van der Waals surface area contributed by atoms with Gasteiger partial charge in [0.2, 0.25) is 0 Å². The molecule has 7 nitrogen and oxygen atoms in total. The third-order valence-corrected chi connectivity index (χ3v) is 5.38. The minimum absolute atomic E-state index is 0.00210. The lowest BCUT2D eigenvalue weighted by Gasteiger charge is -2.08. The predicted octanol–water partition coefficient (Wildman–Crippen LogP) is 6.70. The first-order chi connectivity index (χ1) is 17.2. The van der Waals surface area contributed by atoms with E-state index in [0.29, 0.717) is 17.9 Å². The van der Waals surface area contributed by atoms with E-state index >= 15 is 0 Å². The minimum atomic E-state index is -0.344. The van der Waals surface area contributed by atoms with Crippen molar-refractivity contribution in [2.24, 2.45) is 0 Å². The molecule has 0 fully saturated rings. The summed E-state index contributed by atoms with van der Waals surface area (Å²) in [4.78, 5) is 12.8. The van der Waals surface area contributed by atoms with Gasteiger partial charge in [0, 0.05) is 5.56 Å². The van der Waals surface area contributed by atoms with E-state index in [-0.39, 0.29) is 17.8 Å². The van der Waals surface area contributed by atoms with Crippen LogP contribution in [-0.2, 0) is 0 Å². The molecule has 0 atom stereocenters. The van der Waals surface area contributed by atoms with Gasteiger partial charge in [-0.3, -0.25) is 10.1 Å². The molecule has 0 radical (unpaired) electrons. The van der Waals surface area contributed by atoms with Crippen molar-refractivity contribution in [1.82, 2.24) is 10.2 Å². The van der Waals surface area contributed by atoms with Gasteiger partial charge in [-0.15, -0.1) is 5.10 Å². The van der Waals surface area contributed by atoms with Crippen LogP contribution in [0.3, 0.4) is 0 Å². The molecular weight excluding hydrogens is 442 g/mol. The molecule has 0 aliphatic carbocycles. The van der Waals surface area contributed by atoms with Crippen molar-refractivity contribution in [3.8, 4) is 39.7 Å². The lowest BCUT2D eigenvalue weighted by molar-refractivity contribution is 0.102. The molecule has 2 heterocycles. The lowest BCUT2D eigenvalue weighted by Crippen LogP contribution is -2.12. The summed E-state index contributed by atoms with van der Waals surface area (Å²) in [7, 11) is 0. The van der Waals surface area contributed by atoms with Gasteiger partial charge in [-0.1, -0.05) is 60.6 Å². The van der Waals surface area contributed by atoms with Gasteiger partial charge in [-0.05, 0) is 65.1 Å². The number of amides is 1. The van der Waals surface area contributed by atoms with Crippen molar-refractivity contribution in [3.63, 3.8) is 0 Å². The normalized spacial score (nSPS) is 10.8. The second-order valence-corrected chi connectivity index (χ2v) is 7.87. The van der Waals surface area contributed by atoms with Gasteiger partial charge in [0.15, 0.2) is 5.76 Å². The maximum atomic E-state index is 12.8. The van der Waals surface area contributed by atoms with Crippen LogP contribution in [0.2, 0.25) is 0 Å². The number of carbonyl (C=O) groups is 1. The zero-order chi connectivity index (χ0) is 24.0. The fourth-order valence-corrected chi connectivity index (χ4v) is 3.60. The summed E-state index contributed by atoms with van der Waals surface area (Å²) in [5.74, 6) is 1.16. The van der Waals surface area contributed by atoms with Crippen LogP contribution in [0.5, 0.6) is 5.75 Å². The molecule has 0 bridgehead atoms. The third kappa shape index (κ3) is 5.14. The average Bonchev–Trinajstić information content (AvgIpc) is 3.60. The first-order valence-electron chi connectivity index (χ1n) is 11.3. The van der Waals surface area contributed by atoms with Gasteiger partial charge >= 0.3 is 6.01 Å². The summed E-state index contributed by atoms with van der Waals surface area (Å²) in [6.07, 6.45) is 2.49. The smallest absolute Gasteiger partial charge is 0.322 e. The molecule has 2 aromatic heterocycles. The zero-order valence-corrected chi connectivity index (χ0v) is 19.1. The van der Waals surface area contributed by atoms with E-state index < -0.39 is 0 Å². The molecule has 35 heavy (non-hydrogen) atoms. The molecule has 0 saturated carbocycles. The fourth-order valence-electron chi connectivity index (χ4n) is 3.60. The molecule has 0 saturated heterocycles. The number of aromatic nitrogens is 2. The van der Waals surface area contributed by atoms with Crippen LogP contribution in [0.15, 0.2) is 100 Å². The number of benzene rings is 3. The zero-order valence-electron chi connectivity index (χ0n) is 19.1. The van der Waals surface area contributed by atoms with Gasteiger partial charge in [0.05, 0.1) is 12.9 Å². The Morgan fingerprint density at radius 1 is 0.857 bits per heavy atom. The highest BCUT2D eigenvalue weighted by molar-refractivity contribution is 6.03. The molecule has 1 amide bonds. The van der Waals surface area contributed by atoms with Crippen LogP contribution < -0.4 is 10.1 Å². The number of hydrogen-bond acceptors (Lipinski definition) is 6. The molecule has 3 aromatic carbocycles. The number of anilines is 1. The van der Waals surface area contributed by atoms with Gasteiger partial charge < -0.3 is 13.6 Å². The van der Waals surface area contributed by atoms with E-state index in [4.69, 9.17) is 13.6 Å². The first-order valence-corrected chi connectivity index (χ1v) is 11.3. The molecule has 7 heteroatoms. The van der Waals surface area contributed by atoms with Crippen LogP contribution in [0.1, 0.15) is 23.7 Å². The van der Waals surface area contributed by atoms with Crippen LogP contribution in [0, 0.1) is 0 Å². The second kappa shape index (κ2) is 10.1. The summed E-state index contributed by atoms with van der Waals surface area (Å²) in [5.41, 5.74) is 4.63. The van der Waals surface area contributed by atoms with Crippen molar-refractivity contribution in [1.29, 1.82) is 0 Å². The molecule has 5 aromatic rings. The van der Waals surface area contributed by atoms with Crippen LogP contribution >= 0.6 is 0 Å². The molecular formula is C28H23N3O4. The average molecular weight is 466 g/mol. The third-order valence-electron chi connectivity index (χ3n) is 5.38. The Bertz CT molecular complexity index is 1410. The van der Waals surface area contributed by atoms with Crippen molar-refractivity contribution in [3.05, 3.63) is 96.8 Å². The Labute approximate surface area is 202 Å². The van der Waals surface area contributed by atoms with Gasteiger partial charge in [0.25, 0.3) is 11.8 Å². The van der Waals surface area contributed by atoms with E-state index in [1.165, 1.54) is 6.26 Å². The summed E-state index contributed by atoms with van der Waals surface area (Å²) in [6.45, 7) is 2.80. The Morgan fingerprint density at radius 3 is 2.26 bits per heavy atom. The Morgan fingerprint density at radius 2 is 1.57 bits per heavy atom. The quantitative estimate of drug-likeness (QED) is 0.274. The van der Waals surface area contributed by atoms with Gasteiger partial charge in [-0.2, -0.15) is 0 Å². The van der Waals surface area contributed by atoms with Crippen LogP contribution in [-0.4, -0.2) is 22.7 Å². The second-order valence-electron chi connectivity index (χ2n) is 7.87. The van der Waals surface area contributed by atoms with E-state index in [1.807, 2.05) is 42.5 Å². The standard InChI is InChI=1S/C28H23N3O4/c1-2-16-33-24-14-12-20(13-15-24)19-8-10-21(11-9-19)22-5-3-6-23(18-22)26(32)29-28-31-30-27(35-28)25-7-4-17-34-25/h3-15,17-18H,2,16H2,1H3,(H,29,31,32). The number of carbonyl (C=O) groups excluding carboxylic acids is 1. The topological polar surface area (TPSA) is 90.4 Å². The number of nitrogens with one attached hydrogen (secondary N) is 1. The van der Waals surface area contributed by atoms with E-state index in [1.54, 1.807) is 18.2 Å². The maximum Gasteiger partial charge on any atom is 0.322 e. The number of nitrogens with zero attached hydrogens (tertiary/aromatic N) is 2. The Hall–Kier alpha value is -4.65. The monoisotopic (exact) mass is 465 g/mol. The maximum absolute atomic E-state index is 12.8. The van der Waals surface area contributed by atoms with Crippen molar-refractivity contribution < 1.29 is 18.4 Å². The van der Waals surface area contributed by atoms with Crippen LogP contribution in [0.4, 0.5) is 6.01 Å². The molecule has 174 valence electrons. The molecule has 0 unspecified atom stereocenters. The van der Waals surface area contributed by atoms with Crippen LogP contribution in [0.25, 0.3) is 33.9 Å². The molecule has 0 aliphatic heterocycles. The molecule has 0 aliphatic rings. The number of rotatable bonds is 8. The first kappa shape index (κ1) is 22.2. The SMILES string of the molecule is CCCOc1ccc(-c2ccc(-c3cccc(C(=O)Nc4nnc(-c5ccco5)o4)c3)cc2)cc1. The number of ether oxygens (including phenoxy) is 1. The molecule has 5 rings (SSSR count). The van der Waals surface area contributed by atoms with E-state index in [9.17, 15) is 4.79 Å². The van der Waals surface area contributed by atoms with Crippen molar-refractivity contribution >= 4 is 11.9 Å². The lowest BCUT2D eigenvalue weighted by atomic mass is 9.99. The molecule has 1 N–H and O–H groups in total. The predicted molar refractivity (Wildman–Crippen MR) is 133 cm³/mol. The summed E-state index contributed by atoms with van der Waals surface area (Å²) in [5, 5.41) is 10.4. The molecule has 0 spiro atoms. The van der Waals surface area contributed by atoms with Gasteiger partial charge in [0.1, 0.15) is 5.75 Å². The largest absolute Gasteiger partial charge is 0.494 e. The highest BCUT2D eigenvalue weighted by Gasteiger charge is 2.15. The van der Waals surface area contributed by atoms with E-state index in [0.717, 1.165) is 34.4 Å². The van der Waals surface area contributed by atoms with Crippen molar-refractivity contribution in [2.75, 3.05) is 11.9 Å². The number of hydrogen-bond donors (Lipinski definition) is 1. The summed E-state index contributed by atoms with van der Waals surface area (Å²) in [6, 6.07) is 27.1. The van der Waals surface area contributed by atoms with E-state index in [2.05, 4.69) is 46.7 Å².